The summed E-state index contributed by atoms with van der Waals surface area (Å²) in [5.41, 5.74) is 5.48. The lowest BCUT2D eigenvalue weighted by Gasteiger charge is -2.37. The van der Waals surface area contributed by atoms with E-state index < -0.39 is 9.84 Å². The molecule has 3 aliphatic heterocycles. The molecule has 3 aromatic carbocycles. The molecule has 9 heteroatoms. The number of nitrogens with zero attached hydrogens (tertiary/aromatic N) is 4. The van der Waals surface area contributed by atoms with Crippen LogP contribution in [0.5, 0.6) is 0 Å². The fourth-order valence-corrected chi connectivity index (χ4v) is 10.2. The molecule has 3 fully saturated rings. The molecule has 3 atom stereocenters. The van der Waals surface area contributed by atoms with Gasteiger partial charge in [-0.1, -0.05) is 67.6 Å². The lowest BCUT2D eigenvalue weighted by molar-refractivity contribution is 0.0817. The zero-order chi connectivity index (χ0) is 43.2. The molecule has 320 valence electrons. The standard InChI is InChI=1S/C17H26N2O.C17H25NO.C15H23NO2S/c1-17(2,3)19-12-8-11-15(19)13-9-6-7-10-14(13)16(20)18(4)5;1-5-16(19)14-10-7-6-9-13(14)15-11-8-12-18(15)17(2,3)4;1-15(2,3)16-11-7-9-13(16)12-8-5-6-10-14(12)19(4,17)18/h6-7,9-10,15H,8,11-12H2,1-5H3;6-7,9-10,15H,5,8,11-12H2,1-4H3;5-6,8,10,13H,7,9,11H2,1-4H3. The number of carbonyl (C=O) groups excluding carboxylic acids is 2. The highest BCUT2D eigenvalue weighted by Gasteiger charge is 2.38. The SMILES string of the molecule is CC(C)(C)N1CCCC1c1ccccc1S(C)(=O)=O.CCC(=O)c1ccccc1C1CCCN1C(C)(C)C.CN(C)C(=O)c1ccccc1C1CCCN1C(C)(C)C. The van der Waals surface area contributed by atoms with Crippen LogP contribution in [0.4, 0.5) is 0 Å². The summed E-state index contributed by atoms with van der Waals surface area (Å²) < 4.78 is 23.9. The first-order valence-corrected chi connectivity index (χ1v) is 23.4. The number of ketones is 1. The van der Waals surface area contributed by atoms with Crippen molar-refractivity contribution in [1.82, 2.24) is 19.6 Å². The topological polar surface area (TPSA) is 81.2 Å². The molecule has 0 spiro atoms. The monoisotopic (exact) mass is 815 g/mol. The second-order valence-electron chi connectivity index (χ2n) is 19.5. The number of hydrogen-bond donors (Lipinski definition) is 0. The number of carbonyl (C=O) groups is 2. The van der Waals surface area contributed by atoms with E-state index in [0.29, 0.717) is 23.4 Å². The summed E-state index contributed by atoms with van der Waals surface area (Å²) in [6, 6.07) is 24.6. The highest BCUT2D eigenvalue weighted by atomic mass is 32.2. The van der Waals surface area contributed by atoms with Gasteiger partial charge in [-0.25, -0.2) is 8.42 Å². The third-order valence-corrected chi connectivity index (χ3v) is 13.1. The second kappa shape index (κ2) is 19.3. The van der Waals surface area contributed by atoms with Gasteiger partial charge in [-0.3, -0.25) is 24.3 Å². The van der Waals surface area contributed by atoms with Gasteiger partial charge >= 0.3 is 0 Å². The summed E-state index contributed by atoms with van der Waals surface area (Å²) in [4.78, 5) is 34.1. The Bertz CT molecular complexity index is 1950. The molecule has 0 bridgehead atoms. The fraction of sp³-hybridized carbons (Fsp3) is 0.592. The van der Waals surface area contributed by atoms with Crippen LogP contribution in [0.1, 0.15) is 170 Å². The molecule has 0 aliphatic carbocycles. The summed E-state index contributed by atoms with van der Waals surface area (Å²) in [6.45, 7) is 25.3. The van der Waals surface area contributed by atoms with Gasteiger partial charge in [-0.05, 0) is 149 Å². The van der Waals surface area contributed by atoms with Crippen molar-refractivity contribution < 1.29 is 18.0 Å². The predicted octanol–water partition coefficient (Wildman–Crippen LogP) is 10.6. The Hall–Kier alpha value is -3.37. The Morgan fingerprint density at radius 3 is 1.31 bits per heavy atom. The van der Waals surface area contributed by atoms with Crippen LogP contribution in [0.3, 0.4) is 0 Å². The first-order chi connectivity index (χ1) is 27.0. The van der Waals surface area contributed by atoms with Gasteiger partial charge in [0.25, 0.3) is 5.91 Å². The van der Waals surface area contributed by atoms with E-state index in [4.69, 9.17) is 0 Å². The second-order valence-corrected chi connectivity index (χ2v) is 21.5. The van der Waals surface area contributed by atoms with Crippen molar-refractivity contribution in [2.45, 2.75) is 154 Å². The van der Waals surface area contributed by atoms with E-state index in [2.05, 4.69) is 95.2 Å². The molecule has 0 radical (unpaired) electrons. The summed E-state index contributed by atoms with van der Waals surface area (Å²) in [7, 11) is 0.463. The number of rotatable bonds is 7. The van der Waals surface area contributed by atoms with Crippen LogP contribution in [-0.2, 0) is 9.84 Å². The average molecular weight is 815 g/mol. The molecule has 6 rings (SSSR count). The van der Waals surface area contributed by atoms with Gasteiger partial charge in [-0.15, -0.1) is 0 Å². The number of likely N-dealkylation sites (tertiary alicyclic amines) is 3. The van der Waals surface area contributed by atoms with Crippen LogP contribution in [0.15, 0.2) is 77.7 Å². The van der Waals surface area contributed by atoms with Crippen LogP contribution in [0, 0.1) is 0 Å². The van der Waals surface area contributed by atoms with Gasteiger partial charge in [0.2, 0.25) is 0 Å². The number of benzene rings is 3. The minimum Gasteiger partial charge on any atom is -0.345 e. The Morgan fingerprint density at radius 1 is 0.586 bits per heavy atom. The largest absolute Gasteiger partial charge is 0.345 e. The van der Waals surface area contributed by atoms with Gasteiger partial charge < -0.3 is 4.90 Å². The Morgan fingerprint density at radius 2 is 0.931 bits per heavy atom. The molecule has 0 aromatic heterocycles. The molecule has 3 unspecified atom stereocenters. The van der Waals surface area contributed by atoms with E-state index in [1.165, 1.54) is 30.2 Å². The maximum atomic E-state index is 12.4. The Kier molecular flexibility index (Phi) is 15.8. The molecule has 3 aliphatic rings. The minimum atomic E-state index is -3.17. The third-order valence-electron chi connectivity index (χ3n) is 11.9. The van der Waals surface area contributed by atoms with Crippen molar-refractivity contribution >= 4 is 21.5 Å². The number of hydrogen-bond acceptors (Lipinski definition) is 7. The van der Waals surface area contributed by atoms with Gasteiger partial charge in [0.15, 0.2) is 15.6 Å². The maximum Gasteiger partial charge on any atom is 0.253 e. The minimum absolute atomic E-state index is 0.0613. The zero-order valence-electron chi connectivity index (χ0n) is 38.1. The first kappa shape index (κ1) is 47.3. The van der Waals surface area contributed by atoms with E-state index in [-0.39, 0.29) is 34.3 Å². The normalized spacial score (nSPS) is 20.9. The van der Waals surface area contributed by atoms with Crippen molar-refractivity contribution in [3.05, 3.63) is 101 Å². The van der Waals surface area contributed by atoms with Gasteiger partial charge in [0.05, 0.1) is 4.90 Å². The molecule has 3 heterocycles. The average Bonchev–Trinajstić information content (AvgIpc) is 3.96. The van der Waals surface area contributed by atoms with Crippen LogP contribution >= 0.6 is 0 Å². The first-order valence-electron chi connectivity index (χ1n) is 21.5. The van der Waals surface area contributed by atoms with Crippen molar-refractivity contribution in [1.29, 1.82) is 0 Å². The molecule has 3 saturated heterocycles. The number of sulfone groups is 1. The van der Waals surface area contributed by atoms with E-state index in [0.717, 1.165) is 62.0 Å². The van der Waals surface area contributed by atoms with Crippen LogP contribution in [-0.4, -0.2) is 96.3 Å². The van der Waals surface area contributed by atoms with E-state index in [9.17, 15) is 18.0 Å². The van der Waals surface area contributed by atoms with Crippen molar-refractivity contribution in [3.8, 4) is 0 Å². The van der Waals surface area contributed by atoms with E-state index in [1.807, 2.05) is 63.5 Å². The van der Waals surface area contributed by atoms with E-state index >= 15 is 0 Å². The van der Waals surface area contributed by atoms with Gasteiger partial charge in [0, 0.05) is 72.6 Å². The van der Waals surface area contributed by atoms with Crippen molar-refractivity contribution in [2.24, 2.45) is 0 Å². The lowest BCUT2D eigenvalue weighted by atomic mass is 9.93. The summed E-state index contributed by atoms with van der Waals surface area (Å²) >= 11 is 0. The summed E-state index contributed by atoms with van der Waals surface area (Å²) in [5.74, 6) is 0.359. The summed E-state index contributed by atoms with van der Waals surface area (Å²) in [5, 5.41) is 0. The van der Waals surface area contributed by atoms with Gasteiger partial charge in [-0.2, -0.15) is 0 Å². The molecule has 0 saturated carbocycles. The molecule has 3 aromatic rings. The van der Waals surface area contributed by atoms with Crippen molar-refractivity contribution in [3.63, 3.8) is 0 Å². The Balaban J connectivity index is 0.000000193. The van der Waals surface area contributed by atoms with Crippen LogP contribution in [0.25, 0.3) is 0 Å². The predicted molar refractivity (Wildman–Crippen MR) is 240 cm³/mol. The number of amides is 1. The quantitative estimate of drug-likeness (QED) is 0.220. The Labute approximate surface area is 352 Å². The third kappa shape index (κ3) is 11.7. The molecule has 0 N–H and O–H groups in total. The summed E-state index contributed by atoms with van der Waals surface area (Å²) in [6.07, 6.45) is 8.74. The smallest absolute Gasteiger partial charge is 0.253 e. The van der Waals surface area contributed by atoms with Crippen LogP contribution < -0.4 is 0 Å². The maximum absolute atomic E-state index is 12.4. The molecule has 58 heavy (non-hydrogen) atoms. The fourth-order valence-electron chi connectivity index (χ4n) is 9.23. The van der Waals surface area contributed by atoms with Gasteiger partial charge in [0.1, 0.15) is 0 Å². The lowest BCUT2D eigenvalue weighted by Crippen LogP contribution is -2.41. The molecular weight excluding hydrogens is 741 g/mol. The zero-order valence-corrected chi connectivity index (χ0v) is 38.9. The van der Waals surface area contributed by atoms with Crippen LogP contribution in [0.2, 0.25) is 0 Å². The van der Waals surface area contributed by atoms with Crippen molar-refractivity contribution in [2.75, 3.05) is 40.0 Å². The highest BCUT2D eigenvalue weighted by molar-refractivity contribution is 7.90. The highest BCUT2D eigenvalue weighted by Crippen LogP contribution is 2.41. The molecule has 8 nitrogen and oxygen atoms in total. The molecule has 1 amide bonds. The van der Waals surface area contributed by atoms with E-state index in [1.54, 1.807) is 17.0 Å². The number of Topliss-reactive ketones (excluding diaryl/α,β-unsaturated/α-hetero) is 1. The molecular formula is C49H74N4O4S.